The molecule has 0 aromatic carbocycles. The largest absolute Gasteiger partial charge is 0.357 e. The molecule has 2 rings (SSSR count). The number of aliphatic imine (C=N–C) groups is 1. The standard InChI is InChI=1S/C16H30N4O/c1-5-17-14(19-10-15(2,3)4)20-8-6-7-16(12-20)9-13(21)18-11-16/h5-12H2,1-4H3,(H,17,19)(H,18,21). The van der Waals surface area contributed by atoms with Crippen molar-refractivity contribution in [3.8, 4) is 0 Å². The fourth-order valence-corrected chi connectivity index (χ4v) is 3.17. The molecule has 21 heavy (non-hydrogen) atoms. The fraction of sp³-hybridized carbons (Fsp3) is 0.875. The number of amides is 1. The van der Waals surface area contributed by atoms with Crippen LogP contribution in [-0.4, -0.2) is 49.5 Å². The monoisotopic (exact) mass is 294 g/mol. The second-order valence-electron chi connectivity index (χ2n) is 7.71. The summed E-state index contributed by atoms with van der Waals surface area (Å²) in [5.74, 6) is 1.21. The first-order valence-electron chi connectivity index (χ1n) is 8.14. The zero-order valence-electron chi connectivity index (χ0n) is 14.0. The lowest BCUT2D eigenvalue weighted by atomic mass is 9.79. The number of nitrogens with one attached hydrogen (secondary N) is 2. The van der Waals surface area contributed by atoms with Gasteiger partial charge in [0.15, 0.2) is 5.96 Å². The topological polar surface area (TPSA) is 56.7 Å². The Labute approximate surface area is 128 Å². The first-order chi connectivity index (χ1) is 9.84. The molecular formula is C16H30N4O. The highest BCUT2D eigenvalue weighted by atomic mass is 16.1. The lowest BCUT2D eigenvalue weighted by Crippen LogP contribution is -2.51. The van der Waals surface area contributed by atoms with E-state index in [2.05, 4.69) is 43.2 Å². The molecule has 0 aromatic rings. The van der Waals surface area contributed by atoms with Crippen LogP contribution < -0.4 is 10.6 Å². The molecule has 5 heteroatoms. The van der Waals surface area contributed by atoms with Gasteiger partial charge in [-0.3, -0.25) is 9.79 Å². The molecule has 0 aliphatic carbocycles. The first-order valence-corrected chi connectivity index (χ1v) is 8.14. The van der Waals surface area contributed by atoms with Crippen LogP contribution in [0, 0.1) is 10.8 Å². The average Bonchev–Trinajstić information content (AvgIpc) is 2.74. The predicted molar refractivity (Wildman–Crippen MR) is 86.3 cm³/mol. The van der Waals surface area contributed by atoms with Gasteiger partial charge in [-0.05, 0) is 25.2 Å². The number of nitrogens with zero attached hydrogens (tertiary/aromatic N) is 2. The summed E-state index contributed by atoms with van der Waals surface area (Å²) in [4.78, 5) is 18.8. The Morgan fingerprint density at radius 2 is 2.24 bits per heavy atom. The van der Waals surface area contributed by atoms with Gasteiger partial charge in [-0.25, -0.2) is 0 Å². The van der Waals surface area contributed by atoms with Crippen LogP contribution in [0.4, 0.5) is 0 Å². The molecule has 5 nitrogen and oxygen atoms in total. The minimum Gasteiger partial charge on any atom is -0.357 e. The van der Waals surface area contributed by atoms with Crippen LogP contribution in [0.5, 0.6) is 0 Å². The van der Waals surface area contributed by atoms with E-state index < -0.39 is 0 Å². The molecule has 2 aliphatic heterocycles. The average molecular weight is 294 g/mol. The summed E-state index contributed by atoms with van der Waals surface area (Å²) in [5.41, 5.74) is 0.312. The Morgan fingerprint density at radius 1 is 1.48 bits per heavy atom. The van der Waals surface area contributed by atoms with Gasteiger partial charge in [0.05, 0.1) is 0 Å². The fourth-order valence-electron chi connectivity index (χ4n) is 3.17. The molecule has 2 fully saturated rings. The van der Waals surface area contributed by atoms with Gasteiger partial charge in [0, 0.05) is 44.6 Å². The highest BCUT2D eigenvalue weighted by Gasteiger charge is 2.42. The van der Waals surface area contributed by atoms with Gasteiger partial charge in [0.2, 0.25) is 5.91 Å². The van der Waals surface area contributed by atoms with Gasteiger partial charge >= 0.3 is 0 Å². The number of piperidine rings is 1. The maximum Gasteiger partial charge on any atom is 0.220 e. The molecule has 1 spiro atoms. The molecule has 1 unspecified atom stereocenters. The van der Waals surface area contributed by atoms with Crippen molar-refractivity contribution < 1.29 is 4.79 Å². The Hall–Kier alpha value is -1.26. The minimum atomic E-state index is 0.118. The summed E-state index contributed by atoms with van der Waals surface area (Å²) >= 11 is 0. The van der Waals surface area contributed by atoms with E-state index in [0.717, 1.165) is 51.5 Å². The summed E-state index contributed by atoms with van der Waals surface area (Å²) in [5, 5.41) is 6.41. The number of hydrogen-bond donors (Lipinski definition) is 2. The normalized spacial score (nSPS) is 27.1. The van der Waals surface area contributed by atoms with Crippen molar-refractivity contribution >= 4 is 11.9 Å². The number of likely N-dealkylation sites (tertiary alicyclic amines) is 1. The van der Waals surface area contributed by atoms with Gasteiger partial charge in [-0.1, -0.05) is 20.8 Å². The third-order valence-corrected chi connectivity index (χ3v) is 4.20. The quantitative estimate of drug-likeness (QED) is 0.601. The Bertz CT molecular complexity index is 413. The van der Waals surface area contributed by atoms with Crippen LogP contribution in [0.25, 0.3) is 0 Å². The molecule has 0 bridgehead atoms. The Kier molecular flexibility index (Phi) is 4.79. The van der Waals surface area contributed by atoms with Crippen LogP contribution in [0.2, 0.25) is 0 Å². The minimum absolute atomic E-state index is 0.118. The van der Waals surface area contributed by atoms with Crippen molar-refractivity contribution in [3.63, 3.8) is 0 Å². The Morgan fingerprint density at radius 3 is 2.81 bits per heavy atom. The van der Waals surface area contributed by atoms with Gasteiger partial charge in [0.1, 0.15) is 0 Å². The molecule has 0 radical (unpaired) electrons. The molecule has 0 aromatic heterocycles. The summed E-state index contributed by atoms with van der Waals surface area (Å²) < 4.78 is 0. The first kappa shape index (κ1) is 16.1. The lowest BCUT2D eigenvalue weighted by Gasteiger charge is -2.41. The molecule has 120 valence electrons. The number of carbonyl (C=O) groups is 1. The maximum atomic E-state index is 11.6. The number of carbonyl (C=O) groups excluding carboxylic acids is 1. The SMILES string of the molecule is CCNC(=NCC(C)(C)C)N1CCCC2(CNC(=O)C2)C1. The third kappa shape index (κ3) is 4.35. The molecular weight excluding hydrogens is 264 g/mol. The van der Waals surface area contributed by atoms with E-state index in [1.807, 2.05) is 0 Å². The zero-order chi connectivity index (χ0) is 15.5. The van der Waals surface area contributed by atoms with E-state index in [1.165, 1.54) is 0 Å². The van der Waals surface area contributed by atoms with Crippen LogP contribution in [0.1, 0.15) is 47.0 Å². The molecule has 2 saturated heterocycles. The van der Waals surface area contributed by atoms with Crippen LogP contribution in [0.3, 0.4) is 0 Å². The smallest absolute Gasteiger partial charge is 0.220 e. The van der Waals surface area contributed by atoms with Gasteiger partial charge < -0.3 is 15.5 Å². The summed E-state index contributed by atoms with van der Waals surface area (Å²) in [7, 11) is 0. The van der Waals surface area contributed by atoms with Gasteiger partial charge in [0.25, 0.3) is 0 Å². The van der Waals surface area contributed by atoms with Crippen molar-refractivity contribution in [3.05, 3.63) is 0 Å². The van der Waals surface area contributed by atoms with E-state index >= 15 is 0 Å². The predicted octanol–water partition coefficient (Wildman–Crippen LogP) is 1.60. The van der Waals surface area contributed by atoms with Crippen molar-refractivity contribution in [1.82, 2.24) is 15.5 Å². The molecule has 2 heterocycles. The molecule has 1 amide bonds. The zero-order valence-corrected chi connectivity index (χ0v) is 14.0. The van der Waals surface area contributed by atoms with E-state index in [1.54, 1.807) is 0 Å². The van der Waals surface area contributed by atoms with E-state index in [4.69, 9.17) is 4.99 Å². The van der Waals surface area contributed by atoms with Crippen LogP contribution in [-0.2, 0) is 4.79 Å². The summed E-state index contributed by atoms with van der Waals surface area (Å²) in [6.45, 7) is 13.2. The van der Waals surface area contributed by atoms with Crippen molar-refractivity contribution in [2.24, 2.45) is 15.8 Å². The molecule has 2 N–H and O–H groups in total. The lowest BCUT2D eigenvalue weighted by molar-refractivity contribution is -0.119. The second-order valence-corrected chi connectivity index (χ2v) is 7.71. The summed E-state index contributed by atoms with van der Waals surface area (Å²) in [6.07, 6.45) is 2.94. The van der Waals surface area contributed by atoms with Crippen LogP contribution >= 0.6 is 0 Å². The van der Waals surface area contributed by atoms with Gasteiger partial charge in [-0.2, -0.15) is 0 Å². The van der Waals surface area contributed by atoms with Crippen molar-refractivity contribution in [2.75, 3.05) is 32.7 Å². The number of rotatable bonds is 2. The van der Waals surface area contributed by atoms with Crippen LogP contribution in [0.15, 0.2) is 4.99 Å². The molecule has 1 atom stereocenters. The van der Waals surface area contributed by atoms with Gasteiger partial charge in [-0.15, -0.1) is 0 Å². The van der Waals surface area contributed by atoms with Crippen molar-refractivity contribution in [1.29, 1.82) is 0 Å². The highest BCUT2D eigenvalue weighted by molar-refractivity contribution is 5.81. The number of guanidine groups is 1. The van der Waals surface area contributed by atoms with E-state index in [0.29, 0.717) is 6.42 Å². The van der Waals surface area contributed by atoms with E-state index in [-0.39, 0.29) is 16.7 Å². The summed E-state index contributed by atoms with van der Waals surface area (Å²) in [6, 6.07) is 0. The second kappa shape index (κ2) is 6.24. The highest BCUT2D eigenvalue weighted by Crippen LogP contribution is 2.36. The third-order valence-electron chi connectivity index (χ3n) is 4.20. The maximum absolute atomic E-state index is 11.6. The molecule has 2 aliphatic rings. The van der Waals surface area contributed by atoms with E-state index in [9.17, 15) is 4.79 Å². The molecule has 0 saturated carbocycles. The number of hydrogen-bond acceptors (Lipinski definition) is 2. The van der Waals surface area contributed by atoms with Crippen molar-refractivity contribution in [2.45, 2.75) is 47.0 Å². The Balaban J connectivity index is 2.07.